The first kappa shape index (κ1) is 15.3. The molecular formula is C14H21NO4. The van der Waals surface area contributed by atoms with Crippen molar-refractivity contribution in [3.05, 3.63) is 24.3 Å². The van der Waals surface area contributed by atoms with Gasteiger partial charge in [-0.05, 0) is 30.7 Å². The summed E-state index contributed by atoms with van der Waals surface area (Å²) in [5.41, 5.74) is 0. The van der Waals surface area contributed by atoms with Crippen LogP contribution in [-0.4, -0.2) is 37.4 Å². The molecule has 0 aliphatic carbocycles. The predicted molar refractivity (Wildman–Crippen MR) is 72.4 cm³/mol. The van der Waals surface area contributed by atoms with Gasteiger partial charge in [0, 0.05) is 0 Å². The molecule has 0 heterocycles. The van der Waals surface area contributed by atoms with Gasteiger partial charge < -0.3 is 19.9 Å². The molecule has 0 bridgehead atoms. The normalized spacial score (nSPS) is 11.7. The fraction of sp³-hybridized carbons (Fsp3) is 0.500. The number of ether oxygens (including phenoxy) is 2. The van der Waals surface area contributed by atoms with Crippen molar-refractivity contribution in [2.45, 2.75) is 25.8 Å². The molecule has 5 heteroatoms. The number of carbonyl (C=O) groups is 1. The maximum absolute atomic E-state index is 11.5. The standard InChI is InChI=1S/C14H21NO4/c1-3-11(10-16)15-14(17)8-9-19-13-6-4-12(18-2)5-7-13/h4-7,11,16H,3,8-10H2,1-2H3,(H,15,17)/t11-/m1/s1. The molecule has 2 N–H and O–H groups in total. The highest BCUT2D eigenvalue weighted by atomic mass is 16.5. The molecule has 1 amide bonds. The third-order valence-corrected chi connectivity index (χ3v) is 2.74. The van der Waals surface area contributed by atoms with Crippen molar-refractivity contribution in [1.29, 1.82) is 0 Å². The fourth-order valence-electron chi connectivity index (χ4n) is 1.51. The third-order valence-electron chi connectivity index (χ3n) is 2.74. The number of rotatable bonds is 8. The summed E-state index contributed by atoms with van der Waals surface area (Å²) in [6, 6.07) is 7.01. The smallest absolute Gasteiger partial charge is 0.223 e. The number of nitrogens with one attached hydrogen (secondary N) is 1. The number of benzene rings is 1. The van der Waals surface area contributed by atoms with Gasteiger partial charge in [-0.2, -0.15) is 0 Å². The highest BCUT2D eigenvalue weighted by Crippen LogP contribution is 2.16. The molecule has 1 atom stereocenters. The summed E-state index contributed by atoms with van der Waals surface area (Å²) < 4.78 is 10.5. The zero-order chi connectivity index (χ0) is 14.1. The Balaban J connectivity index is 2.27. The van der Waals surface area contributed by atoms with Gasteiger partial charge in [0.05, 0.1) is 32.8 Å². The van der Waals surface area contributed by atoms with Crippen LogP contribution in [0.5, 0.6) is 11.5 Å². The average molecular weight is 267 g/mol. The first-order chi connectivity index (χ1) is 9.19. The molecule has 0 fully saturated rings. The Hall–Kier alpha value is -1.75. The molecule has 0 radical (unpaired) electrons. The molecule has 0 saturated carbocycles. The van der Waals surface area contributed by atoms with Gasteiger partial charge in [0.2, 0.25) is 5.91 Å². The first-order valence-electron chi connectivity index (χ1n) is 6.36. The van der Waals surface area contributed by atoms with Crippen LogP contribution < -0.4 is 14.8 Å². The number of hydrogen-bond acceptors (Lipinski definition) is 4. The fourth-order valence-corrected chi connectivity index (χ4v) is 1.51. The van der Waals surface area contributed by atoms with Gasteiger partial charge in [0.1, 0.15) is 11.5 Å². The minimum absolute atomic E-state index is 0.0401. The molecule has 1 aromatic carbocycles. The van der Waals surface area contributed by atoms with Crippen molar-refractivity contribution in [2.75, 3.05) is 20.3 Å². The third kappa shape index (κ3) is 5.61. The van der Waals surface area contributed by atoms with E-state index < -0.39 is 0 Å². The lowest BCUT2D eigenvalue weighted by Crippen LogP contribution is -2.37. The van der Waals surface area contributed by atoms with E-state index in [9.17, 15) is 4.79 Å². The summed E-state index contributed by atoms with van der Waals surface area (Å²) in [4.78, 5) is 11.5. The van der Waals surface area contributed by atoms with Crippen LogP contribution in [0.25, 0.3) is 0 Å². The molecule has 1 rings (SSSR count). The van der Waals surface area contributed by atoms with Crippen LogP contribution in [0.4, 0.5) is 0 Å². The minimum atomic E-state index is -0.173. The minimum Gasteiger partial charge on any atom is -0.497 e. The van der Waals surface area contributed by atoms with Crippen molar-refractivity contribution in [2.24, 2.45) is 0 Å². The van der Waals surface area contributed by atoms with Crippen molar-refractivity contribution < 1.29 is 19.4 Å². The van der Waals surface area contributed by atoms with Crippen LogP contribution in [0, 0.1) is 0 Å². The molecule has 19 heavy (non-hydrogen) atoms. The van der Waals surface area contributed by atoms with E-state index in [1.807, 2.05) is 6.92 Å². The van der Waals surface area contributed by atoms with Crippen LogP contribution in [0.3, 0.4) is 0 Å². The molecule has 106 valence electrons. The summed E-state index contributed by atoms with van der Waals surface area (Å²) in [6.45, 7) is 2.18. The van der Waals surface area contributed by atoms with E-state index in [4.69, 9.17) is 14.6 Å². The van der Waals surface area contributed by atoms with Crippen molar-refractivity contribution in [3.63, 3.8) is 0 Å². The monoisotopic (exact) mass is 267 g/mol. The van der Waals surface area contributed by atoms with E-state index in [2.05, 4.69) is 5.32 Å². The van der Waals surface area contributed by atoms with Crippen LogP contribution in [0.15, 0.2) is 24.3 Å². The Morgan fingerprint density at radius 2 is 1.95 bits per heavy atom. The quantitative estimate of drug-likeness (QED) is 0.746. The maximum Gasteiger partial charge on any atom is 0.223 e. The van der Waals surface area contributed by atoms with Gasteiger partial charge in [-0.15, -0.1) is 0 Å². The molecule has 1 aromatic rings. The summed E-state index contributed by atoms with van der Waals surface area (Å²) >= 11 is 0. The highest BCUT2D eigenvalue weighted by molar-refractivity contribution is 5.76. The Labute approximate surface area is 113 Å². The van der Waals surface area contributed by atoms with Crippen LogP contribution in [0.2, 0.25) is 0 Å². The predicted octanol–water partition coefficient (Wildman–Crippen LogP) is 1.35. The van der Waals surface area contributed by atoms with E-state index in [1.54, 1.807) is 31.4 Å². The van der Waals surface area contributed by atoms with E-state index >= 15 is 0 Å². The van der Waals surface area contributed by atoms with Gasteiger partial charge in [0.25, 0.3) is 0 Å². The zero-order valence-electron chi connectivity index (χ0n) is 11.4. The van der Waals surface area contributed by atoms with Crippen LogP contribution >= 0.6 is 0 Å². The number of carbonyl (C=O) groups excluding carboxylic acids is 1. The molecule has 0 aliphatic heterocycles. The van der Waals surface area contributed by atoms with Gasteiger partial charge >= 0.3 is 0 Å². The van der Waals surface area contributed by atoms with E-state index in [1.165, 1.54) is 0 Å². The lowest BCUT2D eigenvalue weighted by molar-refractivity contribution is -0.122. The Morgan fingerprint density at radius 3 is 2.47 bits per heavy atom. The van der Waals surface area contributed by atoms with Crippen molar-refractivity contribution in [3.8, 4) is 11.5 Å². The molecule has 0 aliphatic rings. The SMILES string of the molecule is CC[C@H](CO)NC(=O)CCOc1ccc(OC)cc1. The first-order valence-corrected chi connectivity index (χ1v) is 6.36. The molecule has 0 aromatic heterocycles. The molecule has 0 unspecified atom stereocenters. The molecule has 0 saturated heterocycles. The van der Waals surface area contributed by atoms with Gasteiger partial charge in [-0.1, -0.05) is 6.92 Å². The largest absolute Gasteiger partial charge is 0.497 e. The number of aliphatic hydroxyl groups is 1. The lowest BCUT2D eigenvalue weighted by Gasteiger charge is -2.14. The average Bonchev–Trinajstić information content (AvgIpc) is 2.45. The molecule has 5 nitrogen and oxygen atoms in total. The maximum atomic E-state index is 11.5. The van der Waals surface area contributed by atoms with E-state index in [0.717, 1.165) is 5.75 Å². The summed E-state index contributed by atoms with van der Waals surface area (Å²) in [5.74, 6) is 1.34. The van der Waals surface area contributed by atoms with Crippen molar-refractivity contribution >= 4 is 5.91 Å². The van der Waals surface area contributed by atoms with Gasteiger partial charge in [-0.25, -0.2) is 0 Å². The summed E-state index contributed by atoms with van der Waals surface area (Å²) in [7, 11) is 1.60. The Morgan fingerprint density at radius 1 is 1.32 bits per heavy atom. The lowest BCUT2D eigenvalue weighted by atomic mass is 10.2. The number of aliphatic hydroxyl groups excluding tert-OH is 1. The van der Waals surface area contributed by atoms with E-state index in [-0.39, 0.29) is 25.0 Å². The van der Waals surface area contributed by atoms with Gasteiger partial charge in [0.15, 0.2) is 0 Å². The van der Waals surface area contributed by atoms with Crippen LogP contribution in [-0.2, 0) is 4.79 Å². The second-order valence-electron chi connectivity index (χ2n) is 4.13. The second-order valence-corrected chi connectivity index (χ2v) is 4.13. The highest BCUT2D eigenvalue weighted by Gasteiger charge is 2.08. The summed E-state index contributed by atoms with van der Waals surface area (Å²) in [6.07, 6.45) is 0.976. The van der Waals surface area contributed by atoms with E-state index in [0.29, 0.717) is 18.8 Å². The molecular weight excluding hydrogens is 246 g/mol. The zero-order valence-corrected chi connectivity index (χ0v) is 11.4. The van der Waals surface area contributed by atoms with Crippen molar-refractivity contribution in [1.82, 2.24) is 5.32 Å². The Kier molecular flexibility index (Phi) is 6.74. The summed E-state index contributed by atoms with van der Waals surface area (Å²) in [5, 5.41) is 11.7. The number of hydrogen-bond donors (Lipinski definition) is 2. The number of amides is 1. The van der Waals surface area contributed by atoms with Gasteiger partial charge in [-0.3, -0.25) is 4.79 Å². The topological polar surface area (TPSA) is 67.8 Å². The molecule has 0 spiro atoms. The Bertz CT molecular complexity index is 374. The second kappa shape index (κ2) is 8.37. The number of methoxy groups -OCH3 is 1. The van der Waals surface area contributed by atoms with Crippen LogP contribution in [0.1, 0.15) is 19.8 Å².